The van der Waals surface area contributed by atoms with Crippen molar-refractivity contribution in [2.45, 2.75) is 89.3 Å². The summed E-state index contributed by atoms with van der Waals surface area (Å²) in [4.78, 5) is 22.7. The van der Waals surface area contributed by atoms with E-state index in [1.165, 1.54) is 0 Å². The van der Waals surface area contributed by atoms with Gasteiger partial charge in [0.1, 0.15) is 12.5 Å². The van der Waals surface area contributed by atoms with Crippen molar-refractivity contribution in [2.75, 3.05) is 6.67 Å². The number of Topliss-reactive ketones (excluding diaryl/α,β-unsaturated/α-hetero) is 1. The zero-order valence-electron chi connectivity index (χ0n) is 16.4. The van der Waals surface area contributed by atoms with Crippen LogP contribution in [-0.4, -0.2) is 45.5 Å². The van der Waals surface area contributed by atoms with Crippen LogP contribution in [0.2, 0.25) is 0 Å². The van der Waals surface area contributed by atoms with Crippen LogP contribution >= 0.6 is 0 Å². The zero-order valence-corrected chi connectivity index (χ0v) is 16.4. The van der Waals surface area contributed by atoms with Crippen LogP contribution in [0.15, 0.2) is 12.2 Å². The van der Waals surface area contributed by atoms with Crippen molar-refractivity contribution in [3.05, 3.63) is 12.2 Å². The highest BCUT2D eigenvalue weighted by Gasteiger charge is 2.39. The Morgan fingerprint density at radius 3 is 2.59 bits per heavy atom. The van der Waals surface area contributed by atoms with Crippen molar-refractivity contribution in [3.63, 3.8) is 0 Å². The van der Waals surface area contributed by atoms with E-state index in [1.807, 2.05) is 6.92 Å². The number of halogens is 1. The molecular formula is C21H35FO5. The monoisotopic (exact) mass is 386 g/mol. The van der Waals surface area contributed by atoms with Crippen LogP contribution in [0.3, 0.4) is 0 Å². The molecule has 4 atom stereocenters. The fourth-order valence-electron chi connectivity index (χ4n) is 3.77. The Labute approximate surface area is 161 Å². The molecule has 3 N–H and O–H groups in total. The van der Waals surface area contributed by atoms with Crippen molar-refractivity contribution in [1.29, 1.82) is 0 Å². The summed E-state index contributed by atoms with van der Waals surface area (Å²) < 4.78 is 13.2. The molecular weight excluding hydrogens is 351 g/mol. The maximum absolute atomic E-state index is 13.2. The van der Waals surface area contributed by atoms with Gasteiger partial charge in [0.2, 0.25) is 0 Å². The topological polar surface area (TPSA) is 94.8 Å². The van der Waals surface area contributed by atoms with Gasteiger partial charge in [-0.15, -0.1) is 0 Å². The molecule has 6 heteroatoms. The van der Waals surface area contributed by atoms with Gasteiger partial charge in [-0.05, 0) is 31.6 Å². The molecule has 0 radical (unpaired) electrons. The van der Waals surface area contributed by atoms with E-state index in [-0.39, 0.29) is 36.9 Å². The number of ketones is 1. The van der Waals surface area contributed by atoms with Crippen LogP contribution < -0.4 is 0 Å². The molecule has 5 nitrogen and oxygen atoms in total. The van der Waals surface area contributed by atoms with E-state index in [1.54, 1.807) is 12.2 Å². The molecule has 0 aliphatic heterocycles. The number of carbonyl (C=O) groups excluding carboxylic acids is 1. The van der Waals surface area contributed by atoms with Gasteiger partial charge in [0.05, 0.1) is 11.7 Å². The zero-order chi connectivity index (χ0) is 20.3. The fraction of sp³-hybridized carbons (Fsp3) is 0.810. The SMILES string of the molecule is CCCCC(O)(CF)CC=C[C@H]1C(=O)C[C@H](O)[C@@H]1CCCCCCC(=O)O. The number of aliphatic carboxylic acids is 1. The van der Waals surface area contributed by atoms with Crippen molar-refractivity contribution in [3.8, 4) is 0 Å². The maximum atomic E-state index is 13.2. The summed E-state index contributed by atoms with van der Waals surface area (Å²) in [6.45, 7) is 1.18. The molecule has 0 aromatic carbocycles. The van der Waals surface area contributed by atoms with E-state index in [2.05, 4.69) is 0 Å². The molecule has 0 spiro atoms. The van der Waals surface area contributed by atoms with Gasteiger partial charge in [-0.1, -0.05) is 51.2 Å². The number of aliphatic hydroxyl groups excluding tert-OH is 1. The second-order valence-electron chi connectivity index (χ2n) is 7.87. The highest BCUT2D eigenvalue weighted by molar-refractivity contribution is 5.85. The summed E-state index contributed by atoms with van der Waals surface area (Å²) >= 11 is 0. The summed E-state index contributed by atoms with van der Waals surface area (Å²) in [5.41, 5.74) is -1.37. The maximum Gasteiger partial charge on any atom is 0.303 e. The molecule has 0 saturated heterocycles. The average molecular weight is 387 g/mol. The third kappa shape index (κ3) is 8.52. The fourth-order valence-corrected chi connectivity index (χ4v) is 3.77. The molecule has 156 valence electrons. The lowest BCUT2D eigenvalue weighted by atomic mass is 9.87. The molecule has 1 saturated carbocycles. The molecule has 1 fully saturated rings. The van der Waals surface area contributed by atoms with Crippen molar-refractivity contribution in [1.82, 2.24) is 0 Å². The van der Waals surface area contributed by atoms with Crippen LogP contribution in [0.1, 0.15) is 77.6 Å². The Bertz CT molecular complexity index is 493. The normalized spacial score (nSPS) is 25.2. The van der Waals surface area contributed by atoms with E-state index in [0.717, 1.165) is 32.1 Å². The van der Waals surface area contributed by atoms with E-state index in [9.17, 15) is 24.2 Å². The minimum atomic E-state index is -1.37. The van der Waals surface area contributed by atoms with E-state index in [0.29, 0.717) is 19.3 Å². The minimum absolute atomic E-state index is 0.00743. The molecule has 1 unspecified atom stereocenters. The molecule has 27 heavy (non-hydrogen) atoms. The number of allylic oxidation sites excluding steroid dienone is 1. The van der Waals surface area contributed by atoms with Gasteiger partial charge in [-0.25, -0.2) is 4.39 Å². The van der Waals surface area contributed by atoms with E-state index < -0.39 is 24.3 Å². The number of carbonyl (C=O) groups is 2. The Balaban J connectivity index is 2.50. The average Bonchev–Trinajstić information content (AvgIpc) is 2.89. The Hall–Kier alpha value is -1.27. The predicted molar refractivity (Wildman–Crippen MR) is 102 cm³/mol. The first kappa shape index (κ1) is 23.8. The number of hydrogen-bond acceptors (Lipinski definition) is 4. The van der Waals surface area contributed by atoms with Gasteiger partial charge >= 0.3 is 5.97 Å². The lowest BCUT2D eigenvalue weighted by Gasteiger charge is -2.23. The molecule has 1 aliphatic rings. The second kappa shape index (κ2) is 12.2. The van der Waals surface area contributed by atoms with Crippen molar-refractivity contribution in [2.24, 2.45) is 11.8 Å². The highest BCUT2D eigenvalue weighted by Crippen LogP contribution is 2.35. The van der Waals surface area contributed by atoms with Crippen LogP contribution in [0, 0.1) is 11.8 Å². The Morgan fingerprint density at radius 2 is 1.96 bits per heavy atom. The number of unbranched alkanes of at least 4 members (excludes halogenated alkanes) is 4. The molecule has 0 aromatic rings. The van der Waals surface area contributed by atoms with Gasteiger partial charge in [-0.2, -0.15) is 0 Å². The summed E-state index contributed by atoms with van der Waals surface area (Å²) in [5.74, 6) is -1.33. The van der Waals surface area contributed by atoms with Crippen molar-refractivity contribution >= 4 is 11.8 Å². The molecule has 0 amide bonds. The number of carboxylic acids is 1. The summed E-state index contributed by atoms with van der Waals surface area (Å²) in [5, 5.41) is 29.1. The van der Waals surface area contributed by atoms with Crippen LogP contribution in [-0.2, 0) is 9.59 Å². The Morgan fingerprint density at radius 1 is 1.26 bits per heavy atom. The standard InChI is InChI=1S/C21H35FO5/c1-2-3-12-21(27,15-22)13-8-10-17-16(18(23)14-19(17)24)9-6-4-5-7-11-20(25)26/h8,10,16-18,23,27H,2-7,9,11-15H2,1H3,(H,25,26)/t16-,17-,18+,21?/m1/s1. The third-order valence-electron chi connectivity index (χ3n) is 5.50. The first-order valence-electron chi connectivity index (χ1n) is 10.2. The molecule has 0 aromatic heterocycles. The van der Waals surface area contributed by atoms with Crippen LogP contribution in [0.4, 0.5) is 4.39 Å². The van der Waals surface area contributed by atoms with E-state index in [4.69, 9.17) is 5.11 Å². The lowest BCUT2D eigenvalue weighted by molar-refractivity contribution is -0.137. The minimum Gasteiger partial charge on any atom is -0.481 e. The molecule has 0 bridgehead atoms. The van der Waals surface area contributed by atoms with Gasteiger partial charge in [0.15, 0.2) is 0 Å². The van der Waals surface area contributed by atoms with Gasteiger partial charge < -0.3 is 15.3 Å². The first-order valence-corrected chi connectivity index (χ1v) is 10.2. The third-order valence-corrected chi connectivity index (χ3v) is 5.50. The summed E-state index contributed by atoms with van der Waals surface area (Å²) in [6.07, 6.45) is 9.16. The van der Waals surface area contributed by atoms with Crippen molar-refractivity contribution < 1.29 is 29.3 Å². The van der Waals surface area contributed by atoms with Gasteiger partial charge in [-0.3, -0.25) is 9.59 Å². The number of aliphatic hydroxyl groups is 2. The largest absolute Gasteiger partial charge is 0.481 e. The molecule has 1 aliphatic carbocycles. The first-order chi connectivity index (χ1) is 12.8. The molecule has 1 rings (SSSR count). The van der Waals surface area contributed by atoms with Gasteiger partial charge in [0, 0.05) is 18.8 Å². The van der Waals surface area contributed by atoms with E-state index >= 15 is 0 Å². The summed E-state index contributed by atoms with van der Waals surface area (Å²) in [7, 11) is 0. The molecule has 0 heterocycles. The quantitative estimate of drug-likeness (QED) is 0.312. The lowest BCUT2D eigenvalue weighted by Crippen LogP contribution is -2.30. The summed E-state index contributed by atoms with van der Waals surface area (Å²) in [6, 6.07) is 0. The number of hydrogen-bond donors (Lipinski definition) is 3. The Kier molecular flexibility index (Phi) is 10.8. The van der Waals surface area contributed by atoms with Crippen LogP contribution in [0.25, 0.3) is 0 Å². The van der Waals surface area contributed by atoms with Crippen LogP contribution in [0.5, 0.6) is 0 Å². The predicted octanol–water partition coefficient (Wildman–Crippen LogP) is 3.81. The second-order valence-corrected chi connectivity index (χ2v) is 7.87. The number of carboxylic acid groups (broad SMARTS) is 1. The number of alkyl halides is 1. The van der Waals surface area contributed by atoms with Gasteiger partial charge in [0.25, 0.3) is 0 Å². The smallest absolute Gasteiger partial charge is 0.303 e. The highest BCUT2D eigenvalue weighted by atomic mass is 19.1. The number of rotatable bonds is 14.